The largest absolute Gasteiger partial charge is 0.381 e. The van der Waals surface area contributed by atoms with Crippen molar-refractivity contribution in [3.8, 4) is 0 Å². The third-order valence-electron chi connectivity index (χ3n) is 4.56. The molecule has 0 aromatic carbocycles. The van der Waals surface area contributed by atoms with Gasteiger partial charge in [0.25, 0.3) is 0 Å². The van der Waals surface area contributed by atoms with Crippen LogP contribution >= 0.6 is 11.8 Å². The van der Waals surface area contributed by atoms with E-state index in [2.05, 4.69) is 22.0 Å². The van der Waals surface area contributed by atoms with Gasteiger partial charge < -0.3 is 15.0 Å². The normalized spacial score (nSPS) is 29.3. The first-order valence-corrected chi connectivity index (χ1v) is 8.63. The van der Waals surface area contributed by atoms with Crippen molar-refractivity contribution in [3.05, 3.63) is 0 Å². The summed E-state index contributed by atoms with van der Waals surface area (Å²) in [7, 11) is 0. The van der Waals surface area contributed by atoms with E-state index in [4.69, 9.17) is 4.74 Å². The Balaban J connectivity index is 1.55. The van der Waals surface area contributed by atoms with Crippen molar-refractivity contribution in [2.75, 3.05) is 50.9 Å². The average molecular weight is 270 g/mol. The molecule has 2 aliphatic heterocycles. The summed E-state index contributed by atoms with van der Waals surface area (Å²) in [6.45, 7) is 7.01. The highest BCUT2D eigenvalue weighted by Gasteiger charge is 2.36. The van der Waals surface area contributed by atoms with Crippen molar-refractivity contribution in [1.29, 1.82) is 0 Å². The molecular weight excluding hydrogens is 244 g/mol. The lowest BCUT2D eigenvalue weighted by Gasteiger charge is -2.42. The van der Waals surface area contributed by atoms with Crippen molar-refractivity contribution in [3.63, 3.8) is 0 Å². The van der Waals surface area contributed by atoms with Gasteiger partial charge in [0.05, 0.1) is 0 Å². The molecule has 0 radical (unpaired) electrons. The van der Waals surface area contributed by atoms with E-state index in [9.17, 15) is 0 Å². The van der Waals surface area contributed by atoms with E-state index in [-0.39, 0.29) is 0 Å². The Labute approximate surface area is 115 Å². The van der Waals surface area contributed by atoms with Gasteiger partial charge >= 0.3 is 0 Å². The zero-order chi connectivity index (χ0) is 12.3. The molecule has 0 atom stereocenters. The van der Waals surface area contributed by atoms with Gasteiger partial charge in [-0.2, -0.15) is 11.8 Å². The summed E-state index contributed by atoms with van der Waals surface area (Å²) in [6.07, 6.45) is 5.28. The molecule has 104 valence electrons. The van der Waals surface area contributed by atoms with Crippen molar-refractivity contribution in [2.24, 2.45) is 5.41 Å². The third kappa shape index (κ3) is 3.62. The fourth-order valence-corrected chi connectivity index (χ4v) is 4.06. The lowest BCUT2D eigenvalue weighted by atomic mass is 9.79. The highest BCUT2D eigenvalue weighted by molar-refractivity contribution is 7.99. The smallest absolute Gasteiger partial charge is 0.0472 e. The Hall–Kier alpha value is 0.230. The standard InChI is InChI=1S/C14H26N2OS/c1-2-13(1)15-11-14(3-7-17-8-4-14)12-16-5-9-18-10-6-16/h13,15H,1-12H2. The van der Waals surface area contributed by atoms with Gasteiger partial charge in [-0.05, 0) is 31.1 Å². The molecule has 4 heteroatoms. The van der Waals surface area contributed by atoms with Gasteiger partial charge in [-0.1, -0.05) is 0 Å². The Kier molecular flexibility index (Phi) is 4.50. The molecule has 2 heterocycles. The highest BCUT2D eigenvalue weighted by atomic mass is 32.2. The molecule has 1 aliphatic carbocycles. The molecule has 3 aliphatic rings. The number of hydrogen-bond acceptors (Lipinski definition) is 4. The van der Waals surface area contributed by atoms with Crippen LogP contribution in [-0.4, -0.2) is 61.8 Å². The summed E-state index contributed by atoms with van der Waals surface area (Å²) in [6, 6.07) is 0.835. The summed E-state index contributed by atoms with van der Waals surface area (Å²) in [5.41, 5.74) is 0.489. The number of nitrogens with one attached hydrogen (secondary N) is 1. The van der Waals surface area contributed by atoms with Crippen LogP contribution in [-0.2, 0) is 4.74 Å². The SMILES string of the molecule is C1CC(CNC2CC2)(CN2CCSCC2)CCO1. The molecule has 2 saturated heterocycles. The van der Waals surface area contributed by atoms with Crippen molar-refractivity contribution < 1.29 is 4.74 Å². The van der Waals surface area contributed by atoms with Crippen LogP contribution in [0.4, 0.5) is 0 Å². The fourth-order valence-electron chi connectivity index (χ4n) is 3.08. The van der Waals surface area contributed by atoms with Crippen molar-refractivity contribution in [1.82, 2.24) is 10.2 Å². The predicted molar refractivity (Wildman–Crippen MR) is 77.3 cm³/mol. The molecule has 1 N–H and O–H groups in total. The van der Waals surface area contributed by atoms with Gasteiger partial charge in [-0.25, -0.2) is 0 Å². The molecule has 0 amide bonds. The second-order valence-electron chi connectivity index (χ2n) is 6.16. The molecule has 18 heavy (non-hydrogen) atoms. The minimum Gasteiger partial charge on any atom is -0.381 e. The zero-order valence-corrected chi connectivity index (χ0v) is 12.1. The number of nitrogens with zero attached hydrogens (tertiary/aromatic N) is 1. The monoisotopic (exact) mass is 270 g/mol. The van der Waals surface area contributed by atoms with E-state index in [1.165, 1.54) is 63.4 Å². The van der Waals surface area contributed by atoms with Gasteiger partial charge in [0.15, 0.2) is 0 Å². The summed E-state index contributed by atoms with van der Waals surface area (Å²) < 4.78 is 5.59. The first-order valence-electron chi connectivity index (χ1n) is 7.48. The van der Waals surface area contributed by atoms with Crippen LogP contribution in [0.25, 0.3) is 0 Å². The molecule has 3 rings (SSSR count). The minimum atomic E-state index is 0.489. The number of ether oxygens (including phenoxy) is 1. The lowest BCUT2D eigenvalue weighted by Crippen LogP contribution is -2.49. The Bertz CT molecular complexity index is 259. The van der Waals surface area contributed by atoms with Crippen LogP contribution in [0.15, 0.2) is 0 Å². The van der Waals surface area contributed by atoms with E-state index in [0.717, 1.165) is 19.3 Å². The summed E-state index contributed by atoms with van der Waals surface area (Å²) in [4.78, 5) is 2.69. The van der Waals surface area contributed by atoms with Gasteiger partial charge in [0, 0.05) is 56.9 Å². The van der Waals surface area contributed by atoms with Crippen LogP contribution < -0.4 is 5.32 Å². The maximum absolute atomic E-state index is 5.59. The molecule has 0 unspecified atom stereocenters. The molecular formula is C14H26N2OS. The molecule has 0 aromatic heterocycles. The quantitative estimate of drug-likeness (QED) is 0.820. The second-order valence-corrected chi connectivity index (χ2v) is 7.38. The van der Waals surface area contributed by atoms with Crippen LogP contribution in [0.1, 0.15) is 25.7 Å². The van der Waals surface area contributed by atoms with Gasteiger partial charge in [-0.3, -0.25) is 0 Å². The molecule has 1 saturated carbocycles. The molecule has 0 bridgehead atoms. The first-order chi connectivity index (χ1) is 8.86. The number of rotatable bonds is 5. The minimum absolute atomic E-state index is 0.489. The van der Waals surface area contributed by atoms with Gasteiger partial charge in [0.2, 0.25) is 0 Å². The molecule has 0 spiro atoms. The van der Waals surface area contributed by atoms with E-state index in [1.807, 2.05) is 0 Å². The van der Waals surface area contributed by atoms with Crippen LogP contribution in [0.3, 0.4) is 0 Å². The van der Waals surface area contributed by atoms with Crippen LogP contribution in [0.5, 0.6) is 0 Å². The average Bonchev–Trinajstić information content (AvgIpc) is 3.23. The summed E-state index contributed by atoms with van der Waals surface area (Å²) >= 11 is 2.11. The Morgan fingerprint density at radius 3 is 2.56 bits per heavy atom. The highest BCUT2D eigenvalue weighted by Crippen LogP contribution is 2.33. The Morgan fingerprint density at radius 1 is 1.17 bits per heavy atom. The predicted octanol–water partition coefficient (Wildman–Crippen LogP) is 1.58. The topological polar surface area (TPSA) is 24.5 Å². The third-order valence-corrected chi connectivity index (χ3v) is 5.50. The van der Waals surface area contributed by atoms with Crippen LogP contribution in [0.2, 0.25) is 0 Å². The Morgan fingerprint density at radius 2 is 1.89 bits per heavy atom. The molecule has 0 aromatic rings. The second kappa shape index (κ2) is 6.12. The van der Waals surface area contributed by atoms with Crippen molar-refractivity contribution >= 4 is 11.8 Å². The lowest BCUT2D eigenvalue weighted by molar-refractivity contribution is -0.00312. The summed E-state index contributed by atoms with van der Waals surface area (Å²) in [5.74, 6) is 2.64. The van der Waals surface area contributed by atoms with E-state index in [0.29, 0.717) is 5.41 Å². The molecule has 3 nitrogen and oxygen atoms in total. The summed E-state index contributed by atoms with van der Waals surface area (Å²) in [5, 5.41) is 3.77. The zero-order valence-electron chi connectivity index (χ0n) is 11.3. The van der Waals surface area contributed by atoms with Gasteiger partial charge in [-0.15, -0.1) is 0 Å². The molecule has 3 fully saturated rings. The maximum atomic E-state index is 5.59. The first kappa shape index (κ1) is 13.2. The number of hydrogen-bond donors (Lipinski definition) is 1. The van der Waals surface area contributed by atoms with E-state index < -0.39 is 0 Å². The van der Waals surface area contributed by atoms with Crippen LogP contribution in [0, 0.1) is 5.41 Å². The van der Waals surface area contributed by atoms with Gasteiger partial charge in [0.1, 0.15) is 0 Å². The van der Waals surface area contributed by atoms with E-state index in [1.54, 1.807) is 0 Å². The maximum Gasteiger partial charge on any atom is 0.0472 e. The number of thioether (sulfide) groups is 1. The van der Waals surface area contributed by atoms with E-state index >= 15 is 0 Å². The fraction of sp³-hybridized carbons (Fsp3) is 1.00. The van der Waals surface area contributed by atoms with Crippen molar-refractivity contribution in [2.45, 2.75) is 31.7 Å².